The van der Waals surface area contributed by atoms with Gasteiger partial charge in [-0.25, -0.2) is 0 Å². The van der Waals surface area contributed by atoms with Gasteiger partial charge in [0, 0.05) is 11.6 Å². The number of hydrogen-bond donors (Lipinski definition) is 1. The van der Waals surface area contributed by atoms with E-state index < -0.39 is 0 Å². The molecule has 0 unspecified atom stereocenters. The Kier molecular flexibility index (Phi) is 5.25. The van der Waals surface area contributed by atoms with Gasteiger partial charge < -0.3 is 10.1 Å². The topological polar surface area (TPSA) is 21.3 Å². The van der Waals surface area contributed by atoms with Crippen LogP contribution < -0.4 is 10.1 Å². The minimum Gasteiger partial charge on any atom is -0.457 e. The highest BCUT2D eigenvalue weighted by Gasteiger charge is 1.99. The molecular weight excluding hydrogens is 258 g/mol. The molecule has 2 aromatic rings. The van der Waals surface area contributed by atoms with Crippen LogP contribution >= 0.6 is 11.6 Å². The van der Waals surface area contributed by atoms with Crippen molar-refractivity contribution in [2.24, 2.45) is 0 Å². The SMILES string of the molecule is CCCNCc1ccc(Oc2cccc(Cl)c2)cc1. The predicted octanol–water partition coefficient (Wildman–Crippen LogP) is 4.63. The lowest BCUT2D eigenvalue weighted by Crippen LogP contribution is -2.13. The van der Waals surface area contributed by atoms with Gasteiger partial charge in [0.1, 0.15) is 11.5 Å². The molecule has 2 nitrogen and oxygen atoms in total. The van der Waals surface area contributed by atoms with Crippen molar-refractivity contribution in [2.45, 2.75) is 19.9 Å². The number of ether oxygens (including phenoxy) is 1. The van der Waals surface area contributed by atoms with Crippen molar-refractivity contribution >= 4 is 11.6 Å². The Bertz CT molecular complexity index is 510. The highest BCUT2D eigenvalue weighted by atomic mass is 35.5. The second kappa shape index (κ2) is 7.17. The van der Waals surface area contributed by atoms with Crippen molar-refractivity contribution in [3.05, 3.63) is 59.1 Å². The van der Waals surface area contributed by atoms with E-state index in [1.807, 2.05) is 30.3 Å². The molecule has 0 aromatic heterocycles. The van der Waals surface area contributed by atoms with Gasteiger partial charge in [-0.1, -0.05) is 36.7 Å². The lowest BCUT2D eigenvalue weighted by atomic mass is 10.2. The van der Waals surface area contributed by atoms with Gasteiger partial charge in [0.2, 0.25) is 0 Å². The van der Waals surface area contributed by atoms with Gasteiger partial charge in [0.25, 0.3) is 0 Å². The van der Waals surface area contributed by atoms with Crippen LogP contribution in [0.4, 0.5) is 0 Å². The minimum absolute atomic E-state index is 0.679. The second-order valence-corrected chi connectivity index (χ2v) is 4.82. The number of benzene rings is 2. The van der Waals surface area contributed by atoms with Crippen LogP contribution in [-0.2, 0) is 6.54 Å². The first-order chi connectivity index (χ1) is 9.28. The van der Waals surface area contributed by atoms with E-state index in [0.717, 1.165) is 31.0 Å². The quantitative estimate of drug-likeness (QED) is 0.776. The number of halogens is 1. The molecule has 19 heavy (non-hydrogen) atoms. The summed E-state index contributed by atoms with van der Waals surface area (Å²) in [5.41, 5.74) is 1.26. The molecule has 0 saturated carbocycles. The largest absolute Gasteiger partial charge is 0.457 e. The summed E-state index contributed by atoms with van der Waals surface area (Å²) in [4.78, 5) is 0. The fraction of sp³-hybridized carbons (Fsp3) is 0.250. The van der Waals surface area contributed by atoms with Gasteiger partial charge in [-0.2, -0.15) is 0 Å². The van der Waals surface area contributed by atoms with Gasteiger partial charge in [-0.15, -0.1) is 0 Å². The molecule has 2 aromatic carbocycles. The molecule has 0 atom stereocenters. The van der Waals surface area contributed by atoms with Crippen LogP contribution in [0.25, 0.3) is 0 Å². The van der Waals surface area contributed by atoms with Gasteiger partial charge in [0.15, 0.2) is 0 Å². The molecule has 0 fully saturated rings. The van der Waals surface area contributed by atoms with Crippen LogP contribution in [0.5, 0.6) is 11.5 Å². The Labute approximate surface area is 119 Å². The zero-order chi connectivity index (χ0) is 13.5. The van der Waals surface area contributed by atoms with Crippen molar-refractivity contribution in [3.8, 4) is 11.5 Å². The molecule has 0 aliphatic rings. The van der Waals surface area contributed by atoms with E-state index in [1.54, 1.807) is 6.07 Å². The van der Waals surface area contributed by atoms with Crippen LogP contribution in [0.2, 0.25) is 5.02 Å². The van der Waals surface area contributed by atoms with Gasteiger partial charge >= 0.3 is 0 Å². The van der Waals surface area contributed by atoms with Crippen LogP contribution in [-0.4, -0.2) is 6.54 Å². The van der Waals surface area contributed by atoms with E-state index in [4.69, 9.17) is 16.3 Å². The Balaban J connectivity index is 1.95. The molecule has 100 valence electrons. The van der Waals surface area contributed by atoms with Gasteiger partial charge in [0.05, 0.1) is 0 Å². The predicted molar refractivity (Wildman–Crippen MR) is 80.0 cm³/mol. The Morgan fingerprint density at radius 2 is 1.84 bits per heavy atom. The first kappa shape index (κ1) is 13.9. The third-order valence-electron chi connectivity index (χ3n) is 2.71. The summed E-state index contributed by atoms with van der Waals surface area (Å²) in [6, 6.07) is 15.5. The highest BCUT2D eigenvalue weighted by molar-refractivity contribution is 6.30. The Morgan fingerprint density at radius 1 is 1.05 bits per heavy atom. The molecule has 3 heteroatoms. The second-order valence-electron chi connectivity index (χ2n) is 4.38. The van der Waals surface area contributed by atoms with E-state index >= 15 is 0 Å². The minimum atomic E-state index is 0.679. The molecule has 0 aliphatic carbocycles. The molecule has 0 aliphatic heterocycles. The van der Waals surface area contributed by atoms with E-state index in [-0.39, 0.29) is 0 Å². The standard InChI is InChI=1S/C16H18ClNO/c1-2-10-18-12-13-6-8-15(9-7-13)19-16-5-3-4-14(17)11-16/h3-9,11,18H,2,10,12H2,1H3. The molecular formula is C16H18ClNO. The molecule has 2 rings (SSSR count). The molecule has 1 N–H and O–H groups in total. The van der Waals surface area contributed by atoms with Crippen molar-refractivity contribution in [3.63, 3.8) is 0 Å². The summed E-state index contributed by atoms with van der Waals surface area (Å²) in [6.07, 6.45) is 1.15. The maximum absolute atomic E-state index is 5.92. The average Bonchev–Trinajstić information content (AvgIpc) is 2.41. The highest BCUT2D eigenvalue weighted by Crippen LogP contribution is 2.24. The van der Waals surface area contributed by atoms with Crippen LogP contribution in [0.3, 0.4) is 0 Å². The molecule has 0 heterocycles. The van der Waals surface area contributed by atoms with Crippen molar-refractivity contribution in [1.29, 1.82) is 0 Å². The lowest BCUT2D eigenvalue weighted by molar-refractivity contribution is 0.482. The van der Waals surface area contributed by atoms with E-state index in [1.165, 1.54) is 5.56 Å². The first-order valence-electron chi connectivity index (χ1n) is 6.51. The number of hydrogen-bond acceptors (Lipinski definition) is 2. The van der Waals surface area contributed by atoms with Gasteiger partial charge in [-0.3, -0.25) is 0 Å². The number of rotatable bonds is 6. The van der Waals surface area contributed by atoms with Crippen LogP contribution in [0.15, 0.2) is 48.5 Å². The molecule has 0 bridgehead atoms. The zero-order valence-electron chi connectivity index (χ0n) is 11.0. The fourth-order valence-electron chi connectivity index (χ4n) is 1.75. The first-order valence-corrected chi connectivity index (χ1v) is 6.89. The summed E-state index contributed by atoms with van der Waals surface area (Å²) in [7, 11) is 0. The van der Waals surface area contributed by atoms with Crippen LogP contribution in [0, 0.1) is 0 Å². The summed E-state index contributed by atoms with van der Waals surface area (Å²) in [5, 5.41) is 4.05. The normalized spacial score (nSPS) is 10.4. The molecule has 0 amide bonds. The van der Waals surface area contributed by atoms with E-state index in [0.29, 0.717) is 5.02 Å². The number of nitrogens with one attached hydrogen (secondary N) is 1. The molecule has 0 saturated heterocycles. The third kappa shape index (κ3) is 4.58. The van der Waals surface area contributed by atoms with Crippen molar-refractivity contribution < 1.29 is 4.74 Å². The molecule has 0 radical (unpaired) electrons. The maximum Gasteiger partial charge on any atom is 0.128 e. The lowest BCUT2D eigenvalue weighted by Gasteiger charge is -2.07. The zero-order valence-corrected chi connectivity index (χ0v) is 11.8. The Hall–Kier alpha value is -1.51. The monoisotopic (exact) mass is 275 g/mol. The summed E-state index contributed by atoms with van der Waals surface area (Å²) < 4.78 is 5.73. The average molecular weight is 276 g/mol. The van der Waals surface area contributed by atoms with Gasteiger partial charge in [-0.05, 0) is 48.9 Å². The van der Waals surface area contributed by atoms with Crippen molar-refractivity contribution in [1.82, 2.24) is 5.32 Å². The molecule has 0 spiro atoms. The Morgan fingerprint density at radius 3 is 2.53 bits per heavy atom. The summed E-state index contributed by atoms with van der Waals surface area (Å²) in [6.45, 7) is 4.10. The van der Waals surface area contributed by atoms with E-state index in [9.17, 15) is 0 Å². The fourth-order valence-corrected chi connectivity index (χ4v) is 1.93. The maximum atomic E-state index is 5.92. The van der Waals surface area contributed by atoms with E-state index in [2.05, 4.69) is 24.4 Å². The summed E-state index contributed by atoms with van der Waals surface area (Å²) >= 11 is 5.92. The summed E-state index contributed by atoms with van der Waals surface area (Å²) in [5.74, 6) is 1.57. The smallest absolute Gasteiger partial charge is 0.128 e. The third-order valence-corrected chi connectivity index (χ3v) is 2.95. The van der Waals surface area contributed by atoms with Crippen molar-refractivity contribution in [2.75, 3.05) is 6.54 Å². The van der Waals surface area contributed by atoms with Crippen LogP contribution in [0.1, 0.15) is 18.9 Å².